The highest BCUT2D eigenvalue weighted by molar-refractivity contribution is 5.92. The van der Waals surface area contributed by atoms with E-state index in [-0.39, 0.29) is 17.6 Å². The maximum Gasteiger partial charge on any atom is 0.273 e. The van der Waals surface area contributed by atoms with Crippen LogP contribution in [-0.4, -0.2) is 21.3 Å². The number of aromatic nitrogens is 3. The molecule has 0 saturated heterocycles. The van der Waals surface area contributed by atoms with Gasteiger partial charge in [-0.3, -0.25) is 9.89 Å². The average Bonchev–Trinajstić information content (AvgIpc) is 2.91. The lowest BCUT2D eigenvalue weighted by Crippen LogP contribution is -2.26. The van der Waals surface area contributed by atoms with Crippen molar-refractivity contribution in [2.24, 2.45) is 0 Å². The van der Waals surface area contributed by atoms with Crippen LogP contribution in [0.15, 0.2) is 29.2 Å². The van der Waals surface area contributed by atoms with E-state index in [0.717, 1.165) is 5.56 Å². The van der Waals surface area contributed by atoms with Gasteiger partial charge in [0.05, 0.1) is 12.2 Å². The Morgan fingerprint density at radius 2 is 2.53 bits per heavy atom. The lowest BCUT2D eigenvalue weighted by molar-refractivity contribution is 0.0931. The van der Waals surface area contributed by atoms with E-state index in [1.54, 1.807) is 12.4 Å². The zero-order valence-electron chi connectivity index (χ0n) is 8.10. The molecule has 0 aliphatic heterocycles. The van der Waals surface area contributed by atoms with Crippen molar-refractivity contribution in [3.05, 3.63) is 36.0 Å². The third-order valence-electron chi connectivity index (χ3n) is 2.04. The Morgan fingerprint density at radius 3 is 3.13 bits per heavy atom. The zero-order chi connectivity index (χ0) is 10.7. The van der Waals surface area contributed by atoms with Crippen LogP contribution in [0.3, 0.4) is 0 Å². The van der Waals surface area contributed by atoms with Gasteiger partial charge in [-0.05, 0) is 6.92 Å². The van der Waals surface area contributed by atoms with Crippen molar-refractivity contribution in [2.45, 2.75) is 13.0 Å². The van der Waals surface area contributed by atoms with Crippen LogP contribution in [0.1, 0.15) is 29.0 Å². The van der Waals surface area contributed by atoms with Gasteiger partial charge in [0.1, 0.15) is 6.26 Å². The van der Waals surface area contributed by atoms with Gasteiger partial charge in [0.2, 0.25) is 0 Å². The molecule has 1 unspecified atom stereocenters. The second kappa shape index (κ2) is 3.95. The fourth-order valence-electron chi connectivity index (χ4n) is 1.18. The van der Waals surface area contributed by atoms with Gasteiger partial charge in [-0.1, -0.05) is 5.16 Å². The van der Waals surface area contributed by atoms with E-state index in [2.05, 4.69) is 25.2 Å². The first-order valence-corrected chi connectivity index (χ1v) is 4.47. The van der Waals surface area contributed by atoms with Crippen molar-refractivity contribution < 1.29 is 9.32 Å². The summed E-state index contributed by atoms with van der Waals surface area (Å²) in [5.74, 6) is -0.266. The number of carbonyl (C=O) groups is 1. The monoisotopic (exact) mass is 206 g/mol. The molecular weight excluding hydrogens is 196 g/mol. The minimum absolute atomic E-state index is 0.118. The third-order valence-corrected chi connectivity index (χ3v) is 2.04. The molecule has 0 aliphatic rings. The first-order valence-electron chi connectivity index (χ1n) is 4.47. The van der Waals surface area contributed by atoms with E-state index in [1.165, 1.54) is 12.3 Å². The van der Waals surface area contributed by atoms with Crippen LogP contribution in [0.4, 0.5) is 0 Å². The summed E-state index contributed by atoms with van der Waals surface area (Å²) in [6, 6.07) is 1.39. The molecule has 1 amide bonds. The smallest absolute Gasteiger partial charge is 0.273 e. The number of H-pyrrole nitrogens is 1. The van der Waals surface area contributed by atoms with Gasteiger partial charge in [0.15, 0.2) is 5.69 Å². The first kappa shape index (κ1) is 9.45. The van der Waals surface area contributed by atoms with Crippen LogP contribution < -0.4 is 5.32 Å². The van der Waals surface area contributed by atoms with Gasteiger partial charge in [0, 0.05) is 17.8 Å². The first-order chi connectivity index (χ1) is 7.27. The molecule has 0 spiro atoms. The van der Waals surface area contributed by atoms with Crippen LogP contribution in [0.2, 0.25) is 0 Å². The van der Waals surface area contributed by atoms with Crippen molar-refractivity contribution in [1.82, 2.24) is 20.7 Å². The quantitative estimate of drug-likeness (QED) is 0.781. The molecular formula is C9H10N4O2. The molecule has 2 aromatic heterocycles. The molecule has 0 aromatic carbocycles. The Bertz CT molecular complexity index is 421. The summed E-state index contributed by atoms with van der Waals surface area (Å²) < 4.78 is 4.58. The van der Waals surface area contributed by atoms with Crippen molar-refractivity contribution >= 4 is 5.91 Å². The van der Waals surface area contributed by atoms with E-state index < -0.39 is 0 Å². The molecule has 15 heavy (non-hydrogen) atoms. The minimum atomic E-state index is -0.266. The van der Waals surface area contributed by atoms with Gasteiger partial charge in [-0.25, -0.2) is 0 Å². The molecule has 0 radical (unpaired) electrons. The maximum absolute atomic E-state index is 11.5. The highest BCUT2D eigenvalue weighted by atomic mass is 16.5. The Labute approximate surface area is 85.7 Å². The Balaban J connectivity index is 2.01. The van der Waals surface area contributed by atoms with Gasteiger partial charge >= 0.3 is 0 Å². The van der Waals surface area contributed by atoms with Crippen LogP contribution in [-0.2, 0) is 0 Å². The van der Waals surface area contributed by atoms with E-state index >= 15 is 0 Å². The lowest BCUT2D eigenvalue weighted by Gasteiger charge is -2.09. The lowest BCUT2D eigenvalue weighted by atomic mass is 10.2. The van der Waals surface area contributed by atoms with Crippen molar-refractivity contribution in [2.75, 3.05) is 0 Å². The fourth-order valence-corrected chi connectivity index (χ4v) is 1.18. The summed E-state index contributed by atoms with van der Waals surface area (Å²) in [7, 11) is 0. The highest BCUT2D eigenvalue weighted by Crippen LogP contribution is 2.09. The number of nitrogens with one attached hydrogen (secondary N) is 2. The second-order valence-electron chi connectivity index (χ2n) is 3.11. The molecule has 2 N–H and O–H groups in total. The fraction of sp³-hybridized carbons (Fsp3) is 0.222. The Morgan fingerprint density at radius 1 is 1.67 bits per heavy atom. The van der Waals surface area contributed by atoms with E-state index in [9.17, 15) is 4.79 Å². The summed E-state index contributed by atoms with van der Waals surface area (Å²) >= 11 is 0. The topological polar surface area (TPSA) is 83.8 Å². The van der Waals surface area contributed by atoms with Gasteiger partial charge in [0.25, 0.3) is 5.91 Å². The minimum Gasteiger partial charge on any atom is -0.364 e. The Kier molecular flexibility index (Phi) is 2.49. The van der Waals surface area contributed by atoms with E-state index in [0.29, 0.717) is 0 Å². The molecule has 0 bridgehead atoms. The third kappa shape index (κ3) is 2.04. The standard InChI is InChI=1S/C9H10N4O2/c1-6(7-4-10-11-5-7)12-9(14)8-2-3-15-13-8/h2-6H,1H3,(H,10,11)(H,12,14). The molecule has 2 rings (SSSR count). The number of nitrogens with zero attached hydrogens (tertiary/aromatic N) is 2. The number of aromatic amines is 1. The van der Waals surface area contributed by atoms with Crippen LogP contribution in [0.5, 0.6) is 0 Å². The molecule has 2 aromatic rings. The van der Waals surface area contributed by atoms with Crippen LogP contribution in [0, 0.1) is 0 Å². The number of carbonyl (C=O) groups excluding carboxylic acids is 1. The summed E-state index contributed by atoms with van der Waals surface area (Å²) in [6.07, 6.45) is 4.75. The normalized spacial score (nSPS) is 12.3. The van der Waals surface area contributed by atoms with Gasteiger partial charge in [-0.2, -0.15) is 5.10 Å². The SMILES string of the molecule is CC(NC(=O)c1ccon1)c1cn[nH]c1. The molecule has 2 heterocycles. The maximum atomic E-state index is 11.5. The molecule has 0 fully saturated rings. The predicted molar refractivity (Wildman–Crippen MR) is 51.0 cm³/mol. The molecule has 78 valence electrons. The van der Waals surface area contributed by atoms with E-state index in [1.807, 2.05) is 6.92 Å². The average molecular weight is 206 g/mol. The number of rotatable bonds is 3. The molecule has 1 atom stereocenters. The molecule has 0 saturated carbocycles. The van der Waals surface area contributed by atoms with Gasteiger partial charge in [-0.15, -0.1) is 0 Å². The van der Waals surface area contributed by atoms with Crippen molar-refractivity contribution in [3.63, 3.8) is 0 Å². The molecule has 6 nitrogen and oxygen atoms in total. The van der Waals surface area contributed by atoms with Crippen molar-refractivity contribution in [3.8, 4) is 0 Å². The molecule has 0 aliphatic carbocycles. The van der Waals surface area contributed by atoms with Crippen LogP contribution in [0.25, 0.3) is 0 Å². The summed E-state index contributed by atoms with van der Waals surface area (Å²) in [5.41, 5.74) is 1.18. The molecule has 6 heteroatoms. The predicted octanol–water partition coefficient (Wildman–Crippen LogP) is 0.889. The van der Waals surface area contributed by atoms with Crippen LogP contribution >= 0.6 is 0 Å². The Hall–Kier alpha value is -2.11. The largest absolute Gasteiger partial charge is 0.364 e. The number of amides is 1. The van der Waals surface area contributed by atoms with Gasteiger partial charge < -0.3 is 9.84 Å². The number of hydrogen-bond acceptors (Lipinski definition) is 4. The summed E-state index contributed by atoms with van der Waals surface area (Å²) in [4.78, 5) is 11.5. The number of hydrogen-bond donors (Lipinski definition) is 2. The summed E-state index contributed by atoms with van der Waals surface area (Å²) in [5, 5.41) is 12.8. The summed E-state index contributed by atoms with van der Waals surface area (Å²) in [6.45, 7) is 1.86. The second-order valence-corrected chi connectivity index (χ2v) is 3.11. The van der Waals surface area contributed by atoms with E-state index in [4.69, 9.17) is 0 Å². The van der Waals surface area contributed by atoms with Crippen molar-refractivity contribution in [1.29, 1.82) is 0 Å². The highest BCUT2D eigenvalue weighted by Gasteiger charge is 2.13. The zero-order valence-corrected chi connectivity index (χ0v) is 8.10.